The van der Waals surface area contributed by atoms with Crippen molar-refractivity contribution in [1.29, 1.82) is 0 Å². The number of hydrogen-bond acceptors (Lipinski definition) is 1. The minimum atomic E-state index is 0.260. The topological polar surface area (TPSA) is 17.1 Å². The molecule has 1 fully saturated rings. The van der Waals surface area contributed by atoms with E-state index in [2.05, 4.69) is 0 Å². The van der Waals surface area contributed by atoms with Gasteiger partial charge in [-0.05, 0) is 37.0 Å². The van der Waals surface area contributed by atoms with Crippen molar-refractivity contribution >= 4 is 17.4 Å². The second-order valence-corrected chi connectivity index (χ2v) is 4.32. The molecule has 2 rings (SSSR count). The molecule has 1 atom stereocenters. The summed E-state index contributed by atoms with van der Waals surface area (Å²) < 4.78 is 0. The number of Topliss-reactive ketones (excluding diaryl/α,β-unsaturated/α-hetero) is 1. The summed E-state index contributed by atoms with van der Waals surface area (Å²) in [5.41, 5.74) is 1.22. The molecule has 1 unspecified atom stereocenters. The summed E-state index contributed by atoms with van der Waals surface area (Å²) in [5, 5.41) is 0.756. The van der Waals surface area contributed by atoms with Gasteiger partial charge in [-0.2, -0.15) is 0 Å². The fourth-order valence-electron chi connectivity index (χ4n) is 2.01. The van der Waals surface area contributed by atoms with Gasteiger partial charge in [-0.1, -0.05) is 23.7 Å². The van der Waals surface area contributed by atoms with Crippen molar-refractivity contribution in [3.8, 4) is 0 Å². The number of halogens is 1. The Hall–Kier alpha value is -0.820. The molecule has 0 aliphatic heterocycles. The van der Waals surface area contributed by atoms with Crippen LogP contribution in [0.25, 0.3) is 0 Å². The second-order valence-electron chi connectivity index (χ2n) is 3.89. The van der Waals surface area contributed by atoms with Crippen LogP contribution in [0, 0.1) is 5.92 Å². The van der Waals surface area contributed by atoms with Gasteiger partial charge in [-0.15, -0.1) is 0 Å². The largest absolute Gasteiger partial charge is 0.299 e. The van der Waals surface area contributed by atoms with Crippen LogP contribution >= 0.6 is 11.6 Å². The first-order chi connectivity index (χ1) is 6.75. The van der Waals surface area contributed by atoms with Crippen LogP contribution in [0.15, 0.2) is 24.3 Å². The zero-order chi connectivity index (χ0) is 9.97. The van der Waals surface area contributed by atoms with Crippen molar-refractivity contribution in [2.75, 3.05) is 0 Å². The lowest BCUT2D eigenvalue weighted by molar-refractivity contribution is -0.120. The van der Waals surface area contributed by atoms with Crippen LogP contribution in [0.3, 0.4) is 0 Å². The summed E-state index contributed by atoms with van der Waals surface area (Å²) >= 11 is 5.79. The van der Waals surface area contributed by atoms with Gasteiger partial charge in [0.2, 0.25) is 0 Å². The van der Waals surface area contributed by atoms with Crippen LogP contribution in [-0.2, 0) is 11.2 Å². The summed E-state index contributed by atoms with van der Waals surface area (Å²) in [5.74, 6) is 0.691. The van der Waals surface area contributed by atoms with Crippen molar-refractivity contribution < 1.29 is 4.79 Å². The van der Waals surface area contributed by atoms with E-state index in [1.54, 1.807) is 0 Å². The molecule has 0 bridgehead atoms. The maximum Gasteiger partial charge on any atom is 0.136 e. The molecule has 14 heavy (non-hydrogen) atoms. The van der Waals surface area contributed by atoms with Gasteiger partial charge in [0.25, 0.3) is 0 Å². The van der Waals surface area contributed by atoms with E-state index in [9.17, 15) is 4.79 Å². The fourth-order valence-corrected chi connectivity index (χ4v) is 2.13. The smallest absolute Gasteiger partial charge is 0.136 e. The number of rotatable bonds is 2. The third kappa shape index (κ3) is 2.16. The molecular weight excluding hydrogens is 196 g/mol. The quantitative estimate of drug-likeness (QED) is 0.729. The van der Waals surface area contributed by atoms with E-state index in [0.717, 1.165) is 30.7 Å². The normalized spacial score (nSPS) is 21.5. The first-order valence-corrected chi connectivity index (χ1v) is 5.40. The molecule has 1 aromatic rings. The van der Waals surface area contributed by atoms with E-state index in [-0.39, 0.29) is 5.92 Å². The predicted octanol–water partition coefficient (Wildman–Crippen LogP) is 3.25. The van der Waals surface area contributed by atoms with E-state index < -0.39 is 0 Å². The van der Waals surface area contributed by atoms with Crippen molar-refractivity contribution in [2.24, 2.45) is 5.92 Å². The molecule has 0 amide bonds. The molecule has 2 heteroatoms. The number of benzene rings is 1. The molecule has 0 radical (unpaired) electrons. The highest BCUT2D eigenvalue weighted by atomic mass is 35.5. The molecule has 1 aliphatic carbocycles. The monoisotopic (exact) mass is 208 g/mol. The third-order valence-corrected chi connectivity index (χ3v) is 3.08. The lowest BCUT2D eigenvalue weighted by Gasteiger charge is -2.07. The van der Waals surface area contributed by atoms with Crippen LogP contribution in [0.5, 0.6) is 0 Å². The van der Waals surface area contributed by atoms with E-state index >= 15 is 0 Å². The Bertz CT molecular complexity index is 329. The lowest BCUT2D eigenvalue weighted by Crippen LogP contribution is -2.09. The minimum Gasteiger partial charge on any atom is -0.299 e. The summed E-state index contributed by atoms with van der Waals surface area (Å²) in [6.45, 7) is 0. The lowest BCUT2D eigenvalue weighted by atomic mass is 9.97. The molecule has 0 aromatic heterocycles. The average Bonchev–Trinajstić information content (AvgIpc) is 2.56. The number of carbonyl (C=O) groups is 1. The predicted molar refractivity (Wildman–Crippen MR) is 57.5 cm³/mol. The summed E-state index contributed by atoms with van der Waals surface area (Å²) in [6.07, 6.45) is 3.78. The highest BCUT2D eigenvalue weighted by Crippen LogP contribution is 2.25. The molecule has 1 aromatic carbocycles. The molecule has 1 aliphatic rings. The SMILES string of the molecule is O=C1CCCC1Cc1ccc(Cl)cc1. The van der Waals surface area contributed by atoms with Gasteiger partial charge in [-0.25, -0.2) is 0 Å². The molecule has 0 saturated heterocycles. The average molecular weight is 209 g/mol. The van der Waals surface area contributed by atoms with Gasteiger partial charge in [0.15, 0.2) is 0 Å². The first kappa shape index (κ1) is 9.72. The Morgan fingerprint density at radius 1 is 1.29 bits per heavy atom. The molecule has 1 nitrogen and oxygen atoms in total. The minimum absolute atomic E-state index is 0.260. The molecule has 0 heterocycles. The Balaban J connectivity index is 2.03. The number of carbonyl (C=O) groups excluding carboxylic acids is 1. The van der Waals surface area contributed by atoms with Crippen LogP contribution in [-0.4, -0.2) is 5.78 Å². The number of hydrogen-bond donors (Lipinski definition) is 0. The van der Waals surface area contributed by atoms with Gasteiger partial charge in [0.05, 0.1) is 0 Å². The van der Waals surface area contributed by atoms with E-state index in [0.29, 0.717) is 5.78 Å². The Labute approximate surface area is 89.1 Å². The maximum atomic E-state index is 11.4. The van der Waals surface area contributed by atoms with Crippen LogP contribution in [0.4, 0.5) is 0 Å². The summed E-state index contributed by atoms with van der Waals surface area (Å²) in [6, 6.07) is 7.79. The molecular formula is C12H13ClO. The maximum absolute atomic E-state index is 11.4. The fraction of sp³-hybridized carbons (Fsp3) is 0.417. The molecule has 0 N–H and O–H groups in total. The van der Waals surface area contributed by atoms with Gasteiger partial charge >= 0.3 is 0 Å². The highest BCUT2D eigenvalue weighted by molar-refractivity contribution is 6.30. The van der Waals surface area contributed by atoms with Crippen molar-refractivity contribution in [3.05, 3.63) is 34.9 Å². The van der Waals surface area contributed by atoms with Crippen molar-refractivity contribution in [1.82, 2.24) is 0 Å². The zero-order valence-corrected chi connectivity index (χ0v) is 8.76. The Kier molecular flexibility index (Phi) is 2.87. The van der Waals surface area contributed by atoms with Gasteiger partial charge in [0.1, 0.15) is 5.78 Å². The Morgan fingerprint density at radius 2 is 2.00 bits per heavy atom. The molecule has 0 spiro atoms. The van der Waals surface area contributed by atoms with Crippen LogP contribution in [0.2, 0.25) is 5.02 Å². The first-order valence-electron chi connectivity index (χ1n) is 5.03. The van der Waals surface area contributed by atoms with Crippen molar-refractivity contribution in [2.45, 2.75) is 25.7 Å². The van der Waals surface area contributed by atoms with E-state index in [4.69, 9.17) is 11.6 Å². The summed E-state index contributed by atoms with van der Waals surface area (Å²) in [4.78, 5) is 11.4. The van der Waals surface area contributed by atoms with Gasteiger partial charge < -0.3 is 0 Å². The van der Waals surface area contributed by atoms with Gasteiger partial charge in [-0.3, -0.25) is 4.79 Å². The second kappa shape index (κ2) is 4.14. The van der Waals surface area contributed by atoms with Crippen LogP contribution in [0.1, 0.15) is 24.8 Å². The third-order valence-electron chi connectivity index (χ3n) is 2.83. The highest BCUT2D eigenvalue weighted by Gasteiger charge is 2.24. The van der Waals surface area contributed by atoms with Gasteiger partial charge in [0, 0.05) is 17.4 Å². The summed E-state index contributed by atoms with van der Waals surface area (Å²) in [7, 11) is 0. The van der Waals surface area contributed by atoms with Crippen LogP contribution < -0.4 is 0 Å². The Morgan fingerprint density at radius 3 is 2.57 bits per heavy atom. The molecule has 1 saturated carbocycles. The number of ketones is 1. The molecule has 74 valence electrons. The zero-order valence-electron chi connectivity index (χ0n) is 8.00. The van der Waals surface area contributed by atoms with E-state index in [1.165, 1.54) is 5.56 Å². The standard InChI is InChI=1S/C12H13ClO/c13-11-6-4-9(5-7-11)8-10-2-1-3-12(10)14/h4-7,10H,1-3,8H2. The van der Waals surface area contributed by atoms with E-state index in [1.807, 2.05) is 24.3 Å². The van der Waals surface area contributed by atoms with Crippen molar-refractivity contribution in [3.63, 3.8) is 0 Å².